The Morgan fingerprint density at radius 2 is 2.00 bits per heavy atom. The second kappa shape index (κ2) is 6.00. The summed E-state index contributed by atoms with van der Waals surface area (Å²) in [6, 6.07) is 0. The highest BCUT2D eigenvalue weighted by Gasteiger charge is 2.16. The van der Waals surface area contributed by atoms with Crippen LogP contribution >= 0.6 is 24.0 Å². The lowest BCUT2D eigenvalue weighted by Crippen LogP contribution is -2.45. The molecule has 0 radical (unpaired) electrons. The zero-order valence-electron chi connectivity index (χ0n) is 9.72. The van der Waals surface area contributed by atoms with Crippen LogP contribution in [0.4, 0.5) is 0 Å². The molecule has 0 N–H and O–H groups in total. The number of thiol groups is 1. The fraction of sp³-hybridized carbons (Fsp3) is 0.727. The molecule has 16 heavy (non-hydrogen) atoms. The van der Waals surface area contributed by atoms with Gasteiger partial charge < -0.3 is 4.90 Å². The van der Waals surface area contributed by atoms with Gasteiger partial charge in [0.1, 0.15) is 5.01 Å². The van der Waals surface area contributed by atoms with Crippen LogP contribution in [0.5, 0.6) is 0 Å². The molecule has 0 spiro atoms. The molecule has 0 aliphatic carbocycles. The number of thiazole rings is 1. The third-order valence-corrected chi connectivity index (χ3v) is 4.24. The highest BCUT2D eigenvalue weighted by atomic mass is 32.1. The molecule has 1 aliphatic rings. The largest absolute Gasteiger partial charge is 0.301 e. The zero-order valence-corrected chi connectivity index (χ0v) is 11.4. The van der Waals surface area contributed by atoms with Crippen molar-refractivity contribution in [2.24, 2.45) is 0 Å². The number of aromatic nitrogens is 1. The fourth-order valence-corrected chi connectivity index (χ4v) is 3.07. The molecule has 3 nitrogen and oxygen atoms in total. The molecule has 90 valence electrons. The van der Waals surface area contributed by atoms with Gasteiger partial charge in [0.15, 0.2) is 0 Å². The minimum atomic E-state index is 0.750. The average molecular weight is 257 g/mol. The first kappa shape index (κ1) is 12.4. The molecule has 1 aromatic heterocycles. The Balaban J connectivity index is 1.82. The van der Waals surface area contributed by atoms with E-state index < -0.39 is 0 Å². The van der Waals surface area contributed by atoms with E-state index in [0.29, 0.717) is 0 Å². The van der Waals surface area contributed by atoms with Gasteiger partial charge >= 0.3 is 0 Å². The normalized spacial score (nSPS) is 19.1. The summed E-state index contributed by atoms with van der Waals surface area (Å²) in [4.78, 5) is 9.54. The van der Waals surface area contributed by atoms with Crippen molar-refractivity contribution >= 4 is 24.0 Å². The van der Waals surface area contributed by atoms with Crippen molar-refractivity contribution in [3.63, 3.8) is 0 Å². The quantitative estimate of drug-likeness (QED) is 0.829. The summed E-state index contributed by atoms with van der Waals surface area (Å²) < 4.78 is 0. The summed E-state index contributed by atoms with van der Waals surface area (Å²) in [6.07, 6.45) is 0. The molecule has 1 saturated heterocycles. The Bertz CT molecular complexity index is 319. The summed E-state index contributed by atoms with van der Waals surface area (Å²) in [7, 11) is 0. The first-order valence-corrected chi connectivity index (χ1v) is 7.32. The van der Waals surface area contributed by atoms with E-state index in [1.807, 2.05) is 0 Å². The molecule has 0 aromatic carbocycles. The van der Waals surface area contributed by atoms with Crippen molar-refractivity contribution < 1.29 is 0 Å². The van der Waals surface area contributed by atoms with Crippen LogP contribution in [-0.4, -0.2) is 47.5 Å². The second-order valence-corrected chi connectivity index (χ2v) is 5.36. The molecule has 1 aliphatic heterocycles. The highest BCUT2D eigenvalue weighted by Crippen LogP contribution is 2.14. The number of hydrogen-bond donors (Lipinski definition) is 1. The maximum Gasteiger partial charge on any atom is 0.107 e. The summed E-state index contributed by atoms with van der Waals surface area (Å²) in [5.41, 5.74) is 1.11. The van der Waals surface area contributed by atoms with E-state index in [1.54, 1.807) is 11.3 Å². The first-order chi connectivity index (χ1) is 7.81. The molecular formula is C11H19N3S2. The molecule has 0 atom stereocenters. The molecule has 2 rings (SSSR count). The maximum atomic E-state index is 4.55. The van der Waals surface area contributed by atoms with Crippen molar-refractivity contribution in [2.45, 2.75) is 19.2 Å². The van der Waals surface area contributed by atoms with Gasteiger partial charge in [-0.25, -0.2) is 4.98 Å². The Labute approximate surface area is 107 Å². The number of hydrogen-bond acceptors (Lipinski definition) is 5. The van der Waals surface area contributed by atoms with Crippen LogP contribution in [0.15, 0.2) is 5.38 Å². The van der Waals surface area contributed by atoms with Crippen LogP contribution < -0.4 is 0 Å². The predicted octanol–water partition coefficient (Wildman–Crippen LogP) is 1.71. The van der Waals surface area contributed by atoms with E-state index >= 15 is 0 Å². The lowest BCUT2D eigenvalue weighted by atomic mass is 10.3. The minimum Gasteiger partial charge on any atom is -0.301 e. The van der Waals surface area contributed by atoms with Gasteiger partial charge in [-0.2, -0.15) is 12.6 Å². The fourth-order valence-electron chi connectivity index (χ4n) is 1.95. The SMILES string of the molecule is CCN1CCN(Cc2nc(CS)cs2)CC1. The molecule has 5 heteroatoms. The Morgan fingerprint density at radius 1 is 1.31 bits per heavy atom. The monoisotopic (exact) mass is 257 g/mol. The van der Waals surface area contributed by atoms with E-state index in [-0.39, 0.29) is 0 Å². The number of likely N-dealkylation sites (N-methyl/N-ethyl adjacent to an activating group) is 1. The Kier molecular flexibility index (Phi) is 4.64. The number of rotatable bonds is 4. The predicted molar refractivity (Wildman–Crippen MR) is 72.2 cm³/mol. The summed E-state index contributed by atoms with van der Waals surface area (Å²) >= 11 is 6.00. The highest BCUT2D eigenvalue weighted by molar-refractivity contribution is 7.79. The molecule has 0 saturated carbocycles. The standard InChI is InChI=1S/C11H19N3S2/c1-2-13-3-5-14(6-4-13)7-11-12-10(8-15)9-16-11/h9,15H,2-8H2,1H3. The summed E-state index contributed by atoms with van der Waals surface area (Å²) in [5, 5.41) is 3.35. The van der Waals surface area contributed by atoms with Crippen molar-refractivity contribution in [1.29, 1.82) is 0 Å². The molecule has 1 fully saturated rings. The van der Waals surface area contributed by atoms with Crippen molar-refractivity contribution in [3.05, 3.63) is 16.1 Å². The van der Waals surface area contributed by atoms with Crippen LogP contribution in [0.2, 0.25) is 0 Å². The maximum absolute atomic E-state index is 4.55. The molecule has 0 bridgehead atoms. The van der Waals surface area contributed by atoms with Gasteiger partial charge in [0.25, 0.3) is 0 Å². The van der Waals surface area contributed by atoms with E-state index in [1.165, 1.54) is 37.7 Å². The van der Waals surface area contributed by atoms with Crippen molar-refractivity contribution in [2.75, 3.05) is 32.7 Å². The van der Waals surface area contributed by atoms with Gasteiger partial charge in [0.2, 0.25) is 0 Å². The average Bonchev–Trinajstić information content (AvgIpc) is 2.78. The van der Waals surface area contributed by atoms with Gasteiger partial charge in [-0.3, -0.25) is 4.90 Å². The summed E-state index contributed by atoms with van der Waals surface area (Å²) in [5.74, 6) is 0.750. The third kappa shape index (κ3) is 3.20. The van der Waals surface area contributed by atoms with Gasteiger partial charge in [0.05, 0.1) is 12.2 Å². The van der Waals surface area contributed by atoms with Gasteiger partial charge in [-0.15, -0.1) is 11.3 Å². The van der Waals surface area contributed by atoms with Crippen LogP contribution in [0.3, 0.4) is 0 Å². The van der Waals surface area contributed by atoms with Crippen LogP contribution in [0.1, 0.15) is 17.6 Å². The van der Waals surface area contributed by atoms with Crippen molar-refractivity contribution in [1.82, 2.24) is 14.8 Å². The van der Waals surface area contributed by atoms with Crippen LogP contribution in [0.25, 0.3) is 0 Å². The third-order valence-electron chi connectivity index (χ3n) is 3.03. The van der Waals surface area contributed by atoms with Crippen LogP contribution in [0, 0.1) is 0 Å². The Morgan fingerprint density at radius 3 is 2.56 bits per heavy atom. The summed E-state index contributed by atoms with van der Waals surface area (Å²) in [6.45, 7) is 9.15. The van der Waals surface area contributed by atoms with E-state index in [4.69, 9.17) is 0 Å². The van der Waals surface area contributed by atoms with Crippen LogP contribution in [-0.2, 0) is 12.3 Å². The topological polar surface area (TPSA) is 19.4 Å². The molecule has 0 unspecified atom stereocenters. The van der Waals surface area contributed by atoms with E-state index in [2.05, 4.69) is 39.7 Å². The second-order valence-electron chi connectivity index (χ2n) is 4.10. The molecular weight excluding hydrogens is 238 g/mol. The minimum absolute atomic E-state index is 0.750. The number of nitrogens with zero attached hydrogens (tertiary/aromatic N) is 3. The van der Waals surface area contributed by atoms with Gasteiger partial charge in [-0.05, 0) is 6.54 Å². The van der Waals surface area contributed by atoms with Crippen molar-refractivity contribution in [3.8, 4) is 0 Å². The zero-order chi connectivity index (χ0) is 11.4. The molecule has 1 aromatic rings. The molecule has 0 amide bonds. The lowest BCUT2D eigenvalue weighted by Gasteiger charge is -2.33. The van der Waals surface area contributed by atoms with E-state index in [9.17, 15) is 0 Å². The lowest BCUT2D eigenvalue weighted by molar-refractivity contribution is 0.132. The van der Waals surface area contributed by atoms with E-state index in [0.717, 1.165) is 18.0 Å². The van der Waals surface area contributed by atoms with Gasteiger partial charge in [-0.1, -0.05) is 6.92 Å². The smallest absolute Gasteiger partial charge is 0.107 e. The van der Waals surface area contributed by atoms with Gasteiger partial charge in [0, 0.05) is 37.3 Å². The number of piperazine rings is 1. The first-order valence-electron chi connectivity index (χ1n) is 5.80. The molecule has 2 heterocycles. The Hall–Kier alpha value is -0.100.